The number of fused-ring (bicyclic) bond motifs is 3. The summed E-state index contributed by atoms with van der Waals surface area (Å²) in [6, 6.07) is 0. The maximum absolute atomic E-state index is 14.2. The van der Waals surface area contributed by atoms with Gasteiger partial charge in [0.15, 0.2) is 5.69 Å². The second-order valence-corrected chi connectivity index (χ2v) is 5.09. The number of hydrogen-bond acceptors (Lipinski definition) is 1. The molecule has 3 rings (SSSR count). The van der Waals surface area contributed by atoms with Crippen molar-refractivity contribution in [3.63, 3.8) is 0 Å². The SMILES string of the molecule is FC1(F)CCCCCc2n[n+]3n(c21)CCCC3. The van der Waals surface area contributed by atoms with Gasteiger partial charge in [0.25, 0.3) is 5.92 Å². The molecule has 0 spiro atoms. The highest BCUT2D eigenvalue weighted by atomic mass is 19.3. The first kappa shape index (κ1) is 11.1. The molecule has 0 radical (unpaired) electrons. The molecule has 0 unspecified atom stereocenters. The fourth-order valence-electron chi connectivity index (χ4n) is 2.92. The quantitative estimate of drug-likeness (QED) is 0.639. The Bertz CT molecular complexity index is 426. The monoisotopic (exact) mass is 242 g/mol. The van der Waals surface area contributed by atoms with Crippen molar-refractivity contribution < 1.29 is 13.6 Å². The van der Waals surface area contributed by atoms with Gasteiger partial charge in [-0.1, -0.05) is 6.42 Å². The van der Waals surface area contributed by atoms with Crippen molar-refractivity contribution >= 4 is 0 Å². The molecule has 0 saturated heterocycles. The van der Waals surface area contributed by atoms with Gasteiger partial charge in [-0.05, 0) is 30.5 Å². The number of nitrogens with zero attached hydrogens (tertiary/aromatic N) is 3. The van der Waals surface area contributed by atoms with E-state index < -0.39 is 5.92 Å². The number of alkyl halides is 2. The highest BCUT2D eigenvalue weighted by Gasteiger charge is 2.43. The van der Waals surface area contributed by atoms with Gasteiger partial charge in [-0.3, -0.25) is 0 Å². The van der Waals surface area contributed by atoms with Gasteiger partial charge in [0.05, 0.1) is 6.54 Å². The minimum Gasteiger partial charge on any atom is -0.199 e. The average Bonchev–Trinajstić information content (AvgIpc) is 2.65. The van der Waals surface area contributed by atoms with E-state index in [9.17, 15) is 8.78 Å². The van der Waals surface area contributed by atoms with Crippen LogP contribution < -0.4 is 4.80 Å². The molecule has 1 aliphatic carbocycles. The second kappa shape index (κ2) is 4.03. The normalized spacial score (nSPS) is 23.4. The summed E-state index contributed by atoms with van der Waals surface area (Å²) >= 11 is 0. The van der Waals surface area contributed by atoms with Crippen molar-refractivity contribution in [2.45, 2.75) is 64.0 Å². The lowest BCUT2D eigenvalue weighted by atomic mass is 9.98. The molecule has 1 aliphatic heterocycles. The van der Waals surface area contributed by atoms with Gasteiger partial charge in [-0.25, -0.2) is 0 Å². The third-order valence-electron chi connectivity index (χ3n) is 3.78. The minimum atomic E-state index is -2.69. The highest BCUT2D eigenvalue weighted by Crippen LogP contribution is 2.37. The summed E-state index contributed by atoms with van der Waals surface area (Å²) < 4.78 is 30.1. The molecular weight excluding hydrogens is 224 g/mol. The number of halogens is 2. The molecule has 17 heavy (non-hydrogen) atoms. The minimum absolute atomic E-state index is 0.0221. The van der Waals surface area contributed by atoms with Crippen LogP contribution >= 0.6 is 0 Å². The molecule has 0 fully saturated rings. The maximum atomic E-state index is 14.2. The molecule has 1 aromatic heterocycles. The van der Waals surface area contributed by atoms with Crippen molar-refractivity contribution in [2.75, 3.05) is 0 Å². The molecule has 0 bridgehead atoms. The van der Waals surface area contributed by atoms with Crippen molar-refractivity contribution in [1.82, 2.24) is 9.78 Å². The lowest BCUT2D eigenvalue weighted by molar-refractivity contribution is -0.832. The number of rotatable bonds is 0. The first-order chi connectivity index (χ1) is 8.18. The average molecular weight is 242 g/mol. The van der Waals surface area contributed by atoms with E-state index in [1.54, 1.807) is 9.48 Å². The van der Waals surface area contributed by atoms with Crippen LogP contribution in [0.5, 0.6) is 0 Å². The van der Waals surface area contributed by atoms with Crippen LogP contribution in [0.1, 0.15) is 49.9 Å². The summed E-state index contributed by atoms with van der Waals surface area (Å²) in [5, 5.41) is 4.39. The fourth-order valence-corrected chi connectivity index (χ4v) is 2.92. The summed E-state index contributed by atoms with van der Waals surface area (Å²) in [5.74, 6) is -2.69. The zero-order valence-electron chi connectivity index (χ0n) is 9.96. The number of hydrogen-bond donors (Lipinski definition) is 0. The Labute approximate surface area is 99.4 Å². The second-order valence-electron chi connectivity index (χ2n) is 5.09. The Morgan fingerprint density at radius 2 is 2.00 bits per heavy atom. The van der Waals surface area contributed by atoms with Gasteiger partial charge >= 0.3 is 0 Å². The summed E-state index contributed by atoms with van der Waals surface area (Å²) in [6.45, 7) is 1.47. The fraction of sp³-hybridized carbons (Fsp3) is 0.833. The number of aromatic nitrogens is 3. The van der Waals surface area contributed by atoms with E-state index in [4.69, 9.17) is 0 Å². The Kier molecular flexibility index (Phi) is 2.64. The number of aryl methyl sites for hydroxylation is 2. The van der Waals surface area contributed by atoms with Gasteiger partial charge in [-0.15, -0.1) is 4.68 Å². The third kappa shape index (κ3) is 1.85. The maximum Gasteiger partial charge on any atom is 0.295 e. The van der Waals surface area contributed by atoms with Gasteiger partial charge in [0.2, 0.25) is 6.54 Å². The van der Waals surface area contributed by atoms with E-state index in [1.165, 1.54) is 0 Å². The van der Waals surface area contributed by atoms with E-state index >= 15 is 0 Å². The van der Waals surface area contributed by atoms with E-state index in [1.807, 2.05) is 0 Å². The summed E-state index contributed by atoms with van der Waals surface area (Å²) in [5.41, 5.74) is 0.841. The first-order valence-corrected chi connectivity index (χ1v) is 6.56. The van der Waals surface area contributed by atoms with Gasteiger partial charge in [0, 0.05) is 17.9 Å². The Balaban J connectivity index is 2.10. The highest BCUT2D eigenvalue weighted by molar-refractivity contribution is 5.16. The van der Waals surface area contributed by atoms with Crippen molar-refractivity contribution in [1.29, 1.82) is 0 Å². The standard InChI is InChI=1S/C12H18F2N3/c13-12(14)7-3-1-2-6-10-11(12)16-8-4-5-9-17(16)15-10/h1-9H2/q+1. The first-order valence-electron chi connectivity index (χ1n) is 6.56. The van der Waals surface area contributed by atoms with E-state index in [0.717, 1.165) is 32.2 Å². The molecular formula is C12H18F2N3+. The van der Waals surface area contributed by atoms with Crippen LogP contribution in [0.2, 0.25) is 0 Å². The lowest BCUT2D eigenvalue weighted by Crippen LogP contribution is -2.50. The van der Waals surface area contributed by atoms with Crippen LogP contribution in [-0.4, -0.2) is 9.78 Å². The Hall–Kier alpha value is -1.00. The Morgan fingerprint density at radius 1 is 1.12 bits per heavy atom. The van der Waals surface area contributed by atoms with Crippen LogP contribution in [0.3, 0.4) is 0 Å². The topological polar surface area (TPSA) is 21.7 Å². The molecule has 0 saturated carbocycles. The van der Waals surface area contributed by atoms with Gasteiger partial charge < -0.3 is 0 Å². The van der Waals surface area contributed by atoms with Crippen molar-refractivity contribution in [3.05, 3.63) is 11.4 Å². The summed E-state index contributed by atoms with van der Waals surface area (Å²) in [6.07, 6.45) is 5.22. The summed E-state index contributed by atoms with van der Waals surface area (Å²) in [7, 11) is 0. The van der Waals surface area contributed by atoms with Crippen LogP contribution in [0.4, 0.5) is 8.78 Å². The Morgan fingerprint density at radius 3 is 2.88 bits per heavy atom. The van der Waals surface area contributed by atoms with Crippen LogP contribution in [0.25, 0.3) is 0 Å². The molecule has 3 nitrogen and oxygen atoms in total. The zero-order chi connectivity index (χ0) is 11.9. The molecule has 0 amide bonds. The van der Waals surface area contributed by atoms with Crippen molar-refractivity contribution in [2.24, 2.45) is 0 Å². The van der Waals surface area contributed by atoms with E-state index in [2.05, 4.69) is 5.10 Å². The predicted octanol–water partition coefficient (Wildman–Crippen LogP) is 2.17. The van der Waals surface area contributed by atoms with Gasteiger partial charge in [-0.2, -0.15) is 8.78 Å². The van der Waals surface area contributed by atoms with E-state index in [-0.39, 0.29) is 12.1 Å². The predicted molar refractivity (Wildman–Crippen MR) is 57.7 cm³/mol. The zero-order valence-corrected chi connectivity index (χ0v) is 9.96. The molecule has 2 aliphatic rings. The molecule has 0 N–H and O–H groups in total. The molecule has 5 heteroatoms. The molecule has 0 atom stereocenters. The van der Waals surface area contributed by atoms with E-state index in [0.29, 0.717) is 25.1 Å². The molecule has 0 aromatic carbocycles. The van der Waals surface area contributed by atoms with Crippen molar-refractivity contribution in [3.8, 4) is 0 Å². The van der Waals surface area contributed by atoms with Gasteiger partial charge in [0.1, 0.15) is 5.69 Å². The van der Waals surface area contributed by atoms with Crippen LogP contribution in [0.15, 0.2) is 0 Å². The smallest absolute Gasteiger partial charge is 0.199 e. The lowest BCUT2D eigenvalue weighted by Gasteiger charge is -2.19. The molecule has 2 heterocycles. The molecule has 1 aromatic rings. The summed E-state index contributed by atoms with van der Waals surface area (Å²) in [4.78, 5) is 1.76. The largest absolute Gasteiger partial charge is 0.295 e. The van der Waals surface area contributed by atoms with Crippen LogP contribution in [0, 0.1) is 0 Å². The third-order valence-corrected chi connectivity index (χ3v) is 3.78. The van der Waals surface area contributed by atoms with Crippen LogP contribution in [-0.2, 0) is 25.4 Å². The molecule has 94 valence electrons.